The summed E-state index contributed by atoms with van der Waals surface area (Å²) in [5, 5.41) is 2.66. The van der Waals surface area contributed by atoms with Crippen LogP contribution >= 0.6 is 0 Å². The molecule has 2 aromatic carbocycles. The predicted octanol–water partition coefficient (Wildman–Crippen LogP) is 8.02. The highest BCUT2D eigenvalue weighted by molar-refractivity contribution is 5.86. The highest BCUT2D eigenvalue weighted by atomic mass is 14.1. The summed E-state index contributed by atoms with van der Waals surface area (Å²) in [6.45, 7) is 6.90. The van der Waals surface area contributed by atoms with E-state index in [0.717, 1.165) is 0 Å². The lowest BCUT2D eigenvalue weighted by Crippen LogP contribution is -1.92. The summed E-state index contributed by atoms with van der Waals surface area (Å²) < 4.78 is 0. The van der Waals surface area contributed by atoms with Crippen LogP contribution in [0.5, 0.6) is 0 Å². The number of hydrogen-bond acceptors (Lipinski definition) is 0. The molecule has 24 heavy (non-hydrogen) atoms. The molecule has 1 unspecified atom stereocenters. The SMILES string of the molecule is CCCCCCCCCC(C)C=C(C)c1ccc2ccccc2c1. The molecular weight excluding hydrogens is 288 g/mol. The van der Waals surface area contributed by atoms with Crippen LogP contribution < -0.4 is 0 Å². The lowest BCUT2D eigenvalue weighted by atomic mass is 9.96. The molecule has 0 aliphatic carbocycles. The van der Waals surface area contributed by atoms with Crippen LogP contribution in [0.2, 0.25) is 0 Å². The second kappa shape index (κ2) is 10.3. The largest absolute Gasteiger partial charge is 0.0782 e. The van der Waals surface area contributed by atoms with Gasteiger partial charge in [0.2, 0.25) is 0 Å². The van der Waals surface area contributed by atoms with E-state index in [-0.39, 0.29) is 0 Å². The third kappa shape index (κ3) is 6.15. The Morgan fingerprint density at radius 2 is 1.54 bits per heavy atom. The van der Waals surface area contributed by atoms with Gasteiger partial charge in [-0.05, 0) is 47.2 Å². The van der Waals surface area contributed by atoms with Crippen LogP contribution in [0.1, 0.15) is 77.7 Å². The van der Waals surface area contributed by atoms with Crippen molar-refractivity contribution in [3.8, 4) is 0 Å². The van der Waals surface area contributed by atoms with Gasteiger partial charge >= 0.3 is 0 Å². The van der Waals surface area contributed by atoms with Crippen molar-refractivity contribution in [3.05, 3.63) is 54.1 Å². The molecule has 0 aromatic heterocycles. The van der Waals surface area contributed by atoms with Gasteiger partial charge in [0.15, 0.2) is 0 Å². The highest BCUT2D eigenvalue weighted by Gasteiger charge is 2.03. The van der Waals surface area contributed by atoms with E-state index in [1.165, 1.54) is 73.3 Å². The average molecular weight is 323 g/mol. The quantitative estimate of drug-likeness (QED) is 0.388. The molecule has 0 bridgehead atoms. The van der Waals surface area contributed by atoms with E-state index in [9.17, 15) is 0 Å². The van der Waals surface area contributed by atoms with Crippen molar-refractivity contribution in [3.63, 3.8) is 0 Å². The highest BCUT2D eigenvalue weighted by Crippen LogP contribution is 2.23. The van der Waals surface area contributed by atoms with Crippen molar-refractivity contribution in [2.45, 2.75) is 72.1 Å². The Kier molecular flexibility index (Phi) is 8.08. The fourth-order valence-electron chi connectivity index (χ4n) is 3.46. The molecule has 0 radical (unpaired) electrons. The van der Waals surface area contributed by atoms with Gasteiger partial charge < -0.3 is 0 Å². The minimum atomic E-state index is 0.673. The normalized spacial score (nSPS) is 13.4. The smallest absolute Gasteiger partial charge is 0.0178 e. The number of rotatable bonds is 10. The lowest BCUT2D eigenvalue weighted by molar-refractivity contribution is 0.537. The molecule has 0 spiro atoms. The minimum absolute atomic E-state index is 0.673. The molecule has 2 aromatic rings. The Morgan fingerprint density at radius 3 is 2.29 bits per heavy atom. The Morgan fingerprint density at radius 1 is 0.875 bits per heavy atom. The van der Waals surface area contributed by atoms with Gasteiger partial charge in [-0.3, -0.25) is 0 Å². The van der Waals surface area contributed by atoms with E-state index in [1.54, 1.807) is 0 Å². The van der Waals surface area contributed by atoms with E-state index in [1.807, 2.05) is 0 Å². The minimum Gasteiger partial charge on any atom is -0.0782 e. The molecule has 0 saturated carbocycles. The van der Waals surface area contributed by atoms with Crippen LogP contribution in [0.4, 0.5) is 0 Å². The molecule has 0 heteroatoms. The summed E-state index contributed by atoms with van der Waals surface area (Å²) in [5.41, 5.74) is 2.77. The number of allylic oxidation sites excluding steroid dienone is 2. The number of fused-ring (bicyclic) bond motifs is 1. The Balaban J connectivity index is 1.80. The molecule has 0 fully saturated rings. The molecular formula is C24H34. The molecule has 130 valence electrons. The summed E-state index contributed by atoms with van der Waals surface area (Å²) in [6.07, 6.45) is 13.6. The second-order valence-electron chi connectivity index (χ2n) is 7.30. The van der Waals surface area contributed by atoms with Crippen molar-refractivity contribution in [2.24, 2.45) is 5.92 Å². The molecule has 0 nitrogen and oxygen atoms in total. The Hall–Kier alpha value is -1.56. The van der Waals surface area contributed by atoms with Gasteiger partial charge in [-0.15, -0.1) is 0 Å². The maximum Gasteiger partial charge on any atom is -0.0178 e. The van der Waals surface area contributed by atoms with Gasteiger partial charge in [-0.1, -0.05) is 101 Å². The second-order valence-corrected chi connectivity index (χ2v) is 7.30. The topological polar surface area (TPSA) is 0 Å². The fraction of sp³-hybridized carbons (Fsp3) is 0.500. The first-order chi connectivity index (χ1) is 11.7. The third-order valence-corrected chi connectivity index (χ3v) is 5.00. The summed E-state index contributed by atoms with van der Waals surface area (Å²) in [7, 11) is 0. The standard InChI is InChI=1S/C24H34/c1-4-5-6-7-8-9-10-13-20(2)18-21(3)23-17-16-22-14-11-12-15-24(22)19-23/h11-12,14-20H,4-10,13H2,1-3H3. The maximum atomic E-state index is 2.46. The van der Waals surface area contributed by atoms with E-state index in [4.69, 9.17) is 0 Å². The zero-order chi connectivity index (χ0) is 17.2. The number of benzene rings is 2. The van der Waals surface area contributed by atoms with Crippen molar-refractivity contribution in [2.75, 3.05) is 0 Å². The number of unbranched alkanes of at least 4 members (excludes halogenated alkanes) is 6. The zero-order valence-electron chi connectivity index (χ0n) is 15.9. The first kappa shape index (κ1) is 18.8. The molecule has 0 N–H and O–H groups in total. The fourth-order valence-corrected chi connectivity index (χ4v) is 3.46. The molecule has 0 aliphatic rings. The monoisotopic (exact) mass is 322 g/mol. The van der Waals surface area contributed by atoms with Crippen LogP contribution in [0.3, 0.4) is 0 Å². The van der Waals surface area contributed by atoms with Crippen LogP contribution in [-0.2, 0) is 0 Å². The van der Waals surface area contributed by atoms with Crippen LogP contribution in [0, 0.1) is 5.92 Å². The van der Waals surface area contributed by atoms with E-state index in [0.29, 0.717) is 5.92 Å². The summed E-state index contributed by atoms with van der Waals surface area (Å²) in [6, 6.07) is 15.4. The van der Waals surface area contributed by atoms with Gasteiger partial charge in [0, 0.05) is 0 Å². The van der Waals surface area contributed by atoms with Gasteiger partial charge in [-0.25, -0.2) is 0 Å². The van der Waals surface area contributed by atoms with Crippen LogP contribution in [-0.4, -0.2) is 0 Å². The molecule has 0 amide bonds. The molecule has 0 saturated heterocycles. The Labute approximate surface area is 149 Å². The van der Waals surface area contributed by atoms with E-state index >= 15 is 0 Å². The van der Waals surface area contributed by atoms with Crippen LogP contribution in [0.15, 0.2) is 48.5 Å². The van der Waals surface area contributed by atoms with E-state index < -0.39 is 0 Å². The molecule has 1 atom stereocenters. The van der Waals surface area contributed by atoms with Crippen molar-refractivity contribution in [1.82, 2.24) is 0 Å². The average Bonchev–Trinajstić information content (AvgIpc) is 2.60. The molecule has 2 rings (SSSR count). The van der Waals surface area contributed by atoms with E-state index in [2.05, 4.69) is 69.3 Å². The molecule has 0 heterocycles. The Bertz CT molecular complexity index is 635. The maximum absolute atomic E-state index is 2.46. The molecule has 0 aliphatic heterocycles. The zero-order valence-corrected chi connectivity index (χ0v) is 15.9. The first-order valence-corrected chi connectivity index (χ1v) is 9.88. The van der Waals surface area contributed by atoms with Gasteiger partial charge in [0.25, 0.3) is 0 Å². The van der Waals surface area contributed by atoms with Crippen molar-refractivity contribution >= 4 is 16.3 Å². The van der Waals surface area contributed by atoms with Crippen molar-refractivity contribution in [1.29, 1.82) is 0 Å². The van der Waals surface area contributed by atoms with Crippen molar-refractivity contribution < 1.29 is 0 Å². The van der Waals surface area contributed by atoms with Gasteiger partial charge in [-0.2, -0.15) is 0 Å². The summed E-state index contributed by atoms with van der Waals surface area (Å²) in [5.74, 6) is 0.673. The predicted molar refractivity (Wildman–Crippen MR) is 109 cm³/mol. The lowest BCUT2D eigenvalue weighted by Gasteiger charge is -2.10. The van der Waals surface area contributed by atoms with Gasteiger partial charge in [0.05, 0.1) is 0 Å². The summed E-state index contributed by atoms with van der Waals surface area (Å²) >= 11 is 0. The summed E-state index contributed by atoms with van der Waals surface area (Å²) in [4.78, 5) is 0. The van der Waals surface area contributed by atoms with Crippen LogP contribution in [0.25, 0.3) is 16.3 Å². The van der Waals surface area contributed by atoms with Gasteiger partial charge in [0.1, 0.15) is 0 Å². The first-order valence-electron chi connectivity index (χ1n) is 9.88. The third-order valence-electron chi connectivity index (χ3n) is 5.00. The number of hydrogen-bond donors (Lipinski definition) is 0.